The summed E-state index contributed by atoms with van der Waals surface area (Å²) in [5.41, 5.74) is 0. The van der Waals surface area contributed by atoms with Crippen LogP contribution in [0.2, 0.25) is 0 Å². The molecule has 2 aliphatic heterocycles. The molecular weight excluding hydrogens is 352 g/mol. The van der Waals surface area contributed by atoms with Gasteiger partial charge in [0, 0.05) is 39.3 Å². The highest BCUT2D eigenvalue weighted by Gasteiger charge is 2.16. The molecule has 2 heterocycles. The van der Waals surface area contributed by atoms with E-state index in [1.54, 1.807) is 0 Å². The van der Waals surface area contributed by atoms with Crippen LogP contribution in [0.15, 0.2) is 0 Å². The van der Waals surface area contributed by atoms with E-state index >= 15 is 0 Å². The average molecular weight is 399 g/mol. The average Bonchev–Trinajstić information content (AvgIpc) is 2.66. The third-order valence-electron chi connectivity index (χ3n) is 5.71. The Balaban J connectivity index is 1.72. The van der Waals surface area contributed by atoms with Crippen molar-refractivity contribution >= 4 is 0 Å². The SMILES string of the molecule is OC(CN1CCCCNCCNCCC1)CN1CCCCNCCNCCC1. The molecule has 0 aromatic carbocycles. The van der Waals surface area contributed by atoms with Crippen LogP contribution in [-0.4, -0.2) is 113 Å². The number of aliphatic hydroxyl groups is 1. The summed E-state index contributed by atoms with van der Waals surface area (Å²) in [6.45, 7) is 14.6. The van der Waals surface area contributed by atoms with Crippen LogP contribution >= 0.6 is 0 Å². The van der Waals surface area contributed by atoms with Gasteiger partial charge in [0.05, 0.1) is 6.10 Å². The maximum Gasteiger partial charge on any atom is 0.0793 e. The van der Waals surface area contributed by atoms with E-state index in [9.17, 15) is 5.11 Å². The van der Waals surface area contributed by atoms with Crippen LogP contribution < -0.4 is 21.3 Å². The van der Waals surface area contributed by atoms with E-state index in [1.807, 2.05) is 0 Å². The second-order valence-corrected chi connectivity index (χ2v) is 8.38. The molecule has 0 aliphatic carbocycles. The highest BCUT2D eigenvalue weighted by atomic mass is 16.3. The standard InChI is InChI=1S/C21H46N6O/c28-21(19-26-15-3-1-7-22-11-13-24-9-5-17-26)20-27-16-4-2-8-23-12-14-25-10-6-18-27/h21-25,28H,1-20H2. The molecule has 0 aromatic heterocycles. The summed E-state index contributed by atoms with van der Waals surface area (Å²) in [6.07, 6.45) is 6.95. The molecule has 0 unspecified atom stereocenters. The molecule has 0 atom stereocenters. The summed E-state index contributed by atoms with van der Waals surface area (Å²) in [5, 5.41) is 24.8. The minimum absolute atomic E-state index is 0.252. The fourth-order valence-electron chi connectivity index (χ4n) is 4.12. The Morgan fingerprint density at radius 2 is 0.857 bits per heavy atom. The van der Waals surface area contributed by atoms with Gasteiger partial charge in [-0.15, -0.1) is 0 Å². The maximum absolute atomic E-state index is 10.8. The zero-order chi connectivity index (χ0) is 19.7. The summed E-state index contributed by atoms with van der Waals surface area (Å²) in [4.78, 5) is 4.96. The quantitative estimate of drug-likeness (QED) is 0.444. The molecule has 0 bridgehead atoms. The first-order valence-electron chi connectivity index (χ1n) is 11.8. The molecule has 7 nitrogen and oxygen atoms in total. The molecule has 28 heavy (non-hydrogen) atoms. The van der Waals surface area contributed by atoms with Gasteiger partial charge in [0.1, 0.15) is 0 Å². The van der Waals surface area contributed by atoms with Gasteiger partial charge in [0.2, 0.25) is 0 Å². The second-order valence-electron chi connectivity index (χ2n) is 8.38. The van der Waals surface area contributed by atoms with Crippen molar-refractivity contribution in [2.24, 2.45) is 0 Å². The summed E-state index contributed by atoms with van der Waals surface area (Å²) in [5.74, 6) is 0. The van der Waals surface area contributed by atoms with Crippen molar-refractivity contribution in [1.29, 1.82) is 0 Å². The molecule has 2 fully saturated rings. The largest absolute Gasteiger partial charge is 0.390 e. The molecule has 166 valence electrons. The first-order chi connectivity index (χ1) is 13.8. The highest BCUT2D eigenvalue weighted by Crippen LogP contribution is 2.04. The van der Waals surface area contributed by atoms with Crippen molar-refractivity contribution < 1.29 is 5.11 Å². The predicted octanol–water partition coefficient (Wildman–Crippen LogP) is -0.322. The molecule has 0 radical (unpaired) electrons. The van der Waals surface area contributed by atoms with Crippen molar-refractivity contribution in [3.63, 3.8) is 0 Å². The van der Waals surface area contributed by atoms with Gasteiger partial charge in [-0.05, 0) is 90.9 Å². The summed E-state index contributed by atoms with van der Waals surface area (Å²) < 4.78 is 0. The Kier molecular flexibility index (Phi) is 14.1. The van der Waals surface area contributed by atoms with Gasteiger partial charge in [0.25, 0.3) is 0 Å². The van der Waals surface area contributed by atoms with Gasteiger partial charge in [-0.25, -0.2) is 0 Å². The number of hydrogen-bond donors (Lipinski definition) is 5. The number of aliphatic hydroxyl groups excluding tert-OH is 1. The van der Waals surface area contributed by atoms with Crippen molar-refractivity contribution in [1.82, 2.24) is 31.1 Å². The molecule has 0 amide bonds. The topological polar surface area (TPSA) is 74.8 Å². The lowest BCUT2D eigenvalue weighted by Crippen LogP contribution is -2.43. The van der Waals surface area contributed by atoms with Crippen LogP contribution in [0, 0.1) is 0 Å². The van der Waals surface area contributed by atoms with E-state index in [2.05, 4.69) is 31.1 Å². The third kappa shape index (κ3) is 12.3. The molecule has 0 saturated carbocycles. The van der Waals surface area contributed by atoms with E-state index in [-0.39, 0.29) is 6.10 Å². The van der Waals surface area contributed by atoms with Crippen molar-refractivity contribution in [2.45, 2.75) is 44.6 Å². The minimum Gasteiger partial charge on any atom is -0.390 e. The van der Waals surface area contributed by atoms with Gasteiger partial charge in [-0.3, -0.25) is 0 Å². The fraction of sp³-hybridized carbons (Fsp3) is 1.00. The van der Waals surface area contributed by atoms with Gasteiger partial charge >= 0.3 is 0 Å². The van der Waals surface area contributed by atoms with Crippen LogP contribution in [0.1, 0.15) is 38.5 Å². The summed E-state index contributed by atoms with van der Waals surface area (Å²) >= 11 is 0. The van der Waals surface area contributed by atoms with Crippen LogP contribution in [0.5, 0.6) is 0 Å². The second kappa shape index (κ2) is 16.5. The predicted molar refractivity (Wildman–Crippen MR) is 118 cm³/mol. The number of rotatable bonds is 4. The van der Waals surface area contributed by atoms with E-state index in [4.69, 9.17) is 0 Å². The Labute approximate surface area is 173 Å². The monoisotopic (exact) mass is 398 g/mol. The van der Waals surface area contributed by atoms with Gasteiger partial charge in [-0.1, -0.05) is 0 Å². The van der Waals surface area contributed by atoms with Crippen LogP contribution in [0.4, 0.5) is 0 Å². The summed E-state index contributed by atoms with van der Waals surface area (Å²) in [6, 6.07) is 0. The number of nitrogens with one attached hydrogen (secondary N) is 4. The Hall–Kier alpha value is -0.280. The lowest BCUT2D eigenvalue weighted by Gasteiger charge is -2.30. The van der Waals surface area contributed by atoms with Crippen LogP contribution in [0.3, 0.4) is 0 Å². The zero-order valence-corrected chi connectivity index (χ0v) is 18.1. The highest BCUT2D eigenvalue weighted by molar-refractivity contribution is 4.72. The van der Waals surface area contributed by atoms with Crippen molar-refractivity contribution in [3.8, 4) is 0 Å². The van der Waals surface area contributed by atoms with E-state index in [1.165, 1.54) is 25.7 Å². The smallest absolute Gasteiger partial charge is 0.0793 e. The number of hydrogen-bond acceptors (Lipinski definition) is 7. The Morgan fingerprint density at radius 3 is 1.29 bits per heavy atom. The van der Waals surface area contributed by atoms with Gasteiger partial charge < -0.3 is 36.2 Å². The summed E-state index contributed by atoms with van der Waals surface area (Å²) in [7, 11) is 0. The molecule has 0 spiro atoms. The van der Waals surface area contributed by atoms with Crippen LogP contribution in [0.25, 0.3) is 0 Å². The Morgan fingerprint density at radius 1 is 0.500 bits per heavy atom. The van der Waals surface area contributed by atoms with Gasteiger partial charge in [0.15, 0.2) is 0 Å². The molecule has 5 N–H and O–H groups in total. The number of nitrogens with zero attached hydrogens (tertiary/aromatic N) is 2. The zero-order valence-electron chi connectivity index (χ0n) is 18.1. The fourth-order valence-corrected chi connectivity index (χ4v) is 4.12. The minimum atomic E-state index is -0.252. The lowest BCUT2D eigenvalue weighted by molar-refractivity contribution is 0.0712. The number of β-amino-alcohol motifs (C(OH)–C–C–N with tert-alkyl or cyclic N) is 1. The lowest BCUT2D eigenvalue weighted by atomic mass is 10.2. The Bertz CT molecular complexity index is 304. The molecule has 7 heteroatoms. The first-order valence-corrected chi connectivity index (χ1v) is 11.8. The molecule has 2 aliphatic rings. The maximum atomic E-state index is 10.8. The van der Waals surface area contributed by atoms with E-state index in [0.717, 1.165) is 104 Å². The molecule has 2 saturated heterocycles. The normalized spacial score (nSPS) is 24.6. The van der Waals surface area contributed by atoms with E-state index < -0.39 is 0 Å². The third-order valence-corrected chi connectivity index (χ3v) is 5.71. The van der Waals surface area contributed by atoms with Crippen molar-refractivity contribution in [3.05, 3.63) is 0 Å². The van der Waals surface area contributed by atoms with Crippen molar-refractivity contribution in [2.75, 3.05) is 91.6 Å². The molecule has 0 aromatic rings. The van der Waals surface area contributed by atoms with Crippen LogP contribution in [-0.2, 0) is 0 Å². The first kappa shape index (κ1) is 24.0. The molecular formula is C21H46N6O. The molecule has 2 rings (SSSR count). The van der Waals surface area contributed by atoms with Gasteiger partial charge in [-0.2, -0.15) is 0 Å². The van der Waals surface area contributed by atoms with E-state index in [0.29, 0.717) is 0 Å².